The van der Waals surface area contributed by atoms with Crippen molar-refractivity contribution in [1.82, 2.24) is 9.78 Å². The molecule has 7 nitrogen and oxygen atoms in total. The van der Waals surface area contributed by atoms with Crippen LogP contribution in [0.15, 0.2) is 64.6 Å². The normalized spacial score (nSPS) is 10.8. The maximum absolute atomic E-state index is 12.4. The van der Waals surface area contributed by atoms with E-state index in [0.29, 0.717) is 17.0 Å². The average molecular weight is 371 g/mol. The number of aromatic hydroxyl groups is 1. The number of phenols is 1. The number of phenolic OH excluding ortho intramolecular Hbond substituents is 1. The van der Waals surface area contributed by atoms with Crippen molar-refractivity contribution in [3.8, 4) is 17.2 Å². The summed E-state index contributed by atoms with van der Waals surface area (Å²) in [6.45, 7) is 0. The molecule has 3 aromatic rings. The number of nitrogens with one attached hydrogen (secondary N) is 1. The fraction of sp³-hybridized carbons (Fsp3) is 0.0556. The van der Waals surface area contributed by atoms with Crippen molar-refractivity contribution < 1.29 is 9.84 Å². The molecule has 3 rings (SSSR count). The zero-order chi connectivity index (χ0) is 18.5. The van der Waals surface area contributed by atoms with Gasteiger partial charge in [-0.05, 0) is 35.9 Å². The topological polar surface area (TPSA) is 88.7 Å². The molecule has 0 fully saturated rings. The van der Waals surface area contributed by atoms with Gasteiger partial charge in [-0.1, -0.05) is 29.8 Å². The zero-order valence-electron chi connectivity index (χ0n) is 13.8. The molecule has 26 heavy (non-hydrogen) atoms. The number of halogens is 1. The minimum Gasteiger partial charge on any atom is -0.504 e. The molecule has 0 amide bonds. The fourth-order valence-corrected chi connectivity index (χ4v) is 2.40. The molecule has 1 heterocycles. The minimum atomic E-state index is -0.458. The van der Waals surface area contributed by atoms with Gasteiger partial charge in [0.2, 0.25) is 0 Å². The first kappa shape index (κ1) is 17.5. The molecule has 0 radical (unpaired) electrons. The van der Waals surface area contributed by atoms with Gasteiger partial charge >= 0.3 is 0 Å². The molecule has 0 aliphatic carbocycles. The summed E-state index contributed by atoms with van der Waals surface area (Å²) in [4.78, 5) is 12.4. The minimum absolute atomic E-state index is 0.00149. The third-order valence-electron chi connectivity index (χ3n) is 3.52. The van der Waals surface area contributed by atoms with Gasteiger partial charge in [0, 0.05) is 0 Å². The van der Waals surface area contributed by atoms with Crippen LogP contribution < -0.4 is 15.7 Å². The summed E-state index contributed by atoms with van der Waals surface area (Å²) >= 11 is 6.13. The average Bonchev–Trinajstić information content (AvgIpc) is 2.66. The monoisotopic (exact) mass is 370 g/mol. The van der Waals surface area contributed by atoms with Gasteiger partial charge in [-0.3, -0.25) is 10.2 Å². The Kier molecular flexibility index (Phi) is 5.19. The first-order chi connectivity index (χ1) is 12.6. The van der Waals surface area contributed by atoms with E-state index in [1.165, 1.54) is 30.3 Å². The third kappa shape index (κ3) is 3.68. The van der Waals surface area contributed by atoms with E-state index in [2.05, 4.69) is 15.6 Å². The summed E-state index contributed by atoms with van der Waals surface area (Å²) in [6.07, 6.45) is 2.89. The smallest absolute Gasteiger partial charge is 0.292 e. The highest BCUT2D eigenvalue weighted by Gasteiger charge is 2.10. The lowest BCUT2D eigenvalue weighted by Gasteiger charge is -2.07. The van der Waals surface area contributed by atoms with E-state index >= 15 is 0 Å². The molecule has 0 aliphatic heterocycles. The van der Waals surface area contributed by atoms with Gasteiger partial charge in [0.05, 0.1) is 25.2 Å². The predicted molar refractivity (Wildman–Crippen MR) is 101 cm³/mol. The number of anilines is 1. The Hall–Kier alpha value is -3.32. The van der Waals surface area contributed by atoms with Crippen LogP contribution >= 0.6 is 11.6 Å². The molecule has 0 aliphatic rings. The number of methoxy groups -OCH3 is 1. The Morgan fingerprint density at radius 1 is 1.27 bits per heavy atom. The number of benzene rings is 2. The van der Waals surface area contributed by atoms with Gasteiger partial charge in [-0.25, -0.2) is 0 Å². The van der Waals surface area contributed by atoms with Crippen molar-refractivity contribution in [2.75, 3.05) is 12.5 Å². The highest BCUT2D eigenvalue weighted by atomic mass is 35.5. The number of para-hydroxylation sites is 1. The maximum Gasteiger partial charge on any atom is 0.292 e. The Morgan fingerprint density at radius 3 is 2.73 bits per heavy atom. The Labute approximate surface area is 154 Å². The van der Waals surface area contributed by atoms with E-state index in [0.717, 1.165) is 0 Å². The number of nitrogens with zero attached hydrogens (tertiary/aromatic N) is 3. The molecular formula is C18H15ClN4O3. The first-order valence-electron chi connectivity index (χ1n) is 7.59. The van der Waals surface area contributed by atoms with E-state index < -0.39 is 5.56 Å². The van der Waals surface area contributed by atoms with Crippen LogP contribution in [0.3, 0.4) is 0 Å². The van der Waals surface area contributed by atoms with Gasteiger partial charge in [-0.2, -0.15) is 14.9 Å². The molecule has 2 N–H and O–H groups in total. The summed E-state index contributed by atoms with van der Waals surface area (Å²) in [6, 6.07) is 13.8. The predicted octanol–water partition coefficient (Wildman–Crippen LogP) is 3.05. The van der Waals surface area contributed by atoms with Crippen molar-refractivity contribution in [2.45, 2.75) is 0 Å². The van der Waals surface area contributed by atoms with Gasteiger partial charge in [0.25, 0.3) is 5.56 Å². The Bertz CT molecular complexity index is 1000. The summed E-state index contributed by atoms with van der Waals surface area (Å²) in [5.41, 5.74) is 3.75. The van der Waals surface area contributed by atoms with Crippen LogP contribution in [0.2, 0.25) is 5.02 Å². The Balaban J connectivity index is 1.80. The van der Waals surface area contributed by atoms with Crippen molar-refractivity contribution in [3.05, 3.63) is 75.7 Å². The molecule has 132 valence electrons. The van der Waals surface area contributed by atoms with E-state index in [1.54, 1.807) is 36.4 Å². The molecule has 0 atom stereocenters. The quantitative estimate of drug-likeness (QED) is 0.532. The number of hydrogen-bond acceptors (Lipinski definition) is 6. The zero-order valence-corrected chi connectivity index (χ0v) is 14.5. The van der Waals surface area contributed by atoms with E-state index in [1.807, 2.05) is 6.07 Å². The molecule has 0 unspecified atom stereocenters. The van der Waals surface area contributed by atoms with Gasteiger partial charge < -0.3 is 9.84 Å². The van der Waals surface area contributed by atoms with Crippen LogP contribution in [0.4, 0.5) is 5.69 Å². The number of aromatic nitrogens is 2. The lowest BCUT2D eigenvalue weighted by Crippen LogP contribution is -2.22. The van der Waals surface area contributed by atoms with Gasteiger partial charge in [0.15, 0.2) is 11.5 Å². The van der Waals surface area contributed by atoms with Crippen LogP contribution in [0, 0.1) is 0 Å². The molecule has 0 saturated carbocycles. The van der Waals surface area contributed by atoms with Crippen LogP contribution in [0.1, 0.15) is 5.56 Å². The molecular weight excluding hydrogens is 356 g/mol. The largest absolute Gasteiger partial charge is 0.504 e. The third-order valence-corrected chi connectivity index (χ3v) is 3.89. The molecule has 0 bridgehead atoms. The van der Waals surface area contributed by atoms with Crippen molar-refractivity contribution in [1.29, 1.82) is 0 Å². The summed E-state index contributed by atoms with van der Waals surface area (Å²) in [5.74, 6) is 0.369. The number of ether oxygens (including phenoxy) is 1. The van der Waals surface area contributed by atoms with Crippen LogP contribution in [0.5, 0.6) is 11.5 Å². The van der Waals surface area contributed by atoms with E-state index in [-0.39, 0.29) is 16.5 Å². The van der Waals surface area contributed by atoms with E-state index in [4.69, 9.17) is 16.3 Å². The van der Waals surface area contributed by atoms with Crippen molar-refractivity contribution in [3.63, 3.8) is 0 Å². The maximum atomic E-state index is 12.4. The fourth-order valence-electron chi connectivity index (χ4n) is 2.23. The second kappa shape index (κ2) is 7.71. The number of hydrogen-bond donors (Lipinski definition) is 2. The van der Waals surface area contributed by atoms with Crippen LogP contribution in [-0.2, 0) is 0 Å². The summed E-state index contributed by atoms with van der Waals surface area (Å²) < 4.78 is 6.18. The summed E-state index contributed by atoms with van der Waals surface area (Å²) in [5, 5.41) is 17.8. The lowest BCUT2D eigenvalue weighted by molar-refractivity contribution is 0.373. The first-order valence-corrected chi connectivity index (χ1v) is 7.97. The van der Waals surface area contributed by atoms with Crippen LogP contribution in [0.25, 0.3) is 5.69 Å². The number of rotatable bonds is 5. The highest BCUT2D eigenvalue weighted by molar-refractivity contribution is 6.32. The molecule has 2 aromatic carbocycles. The van der Waals surface area contributed by atoms with Crippen molar-refractivity contribution in [2.24, 2.45) is 5.10 Å². The Morgan fingerprint density at radius 2 is 2.04 bits per heavy atom. The number of hydrazone groups is 1. The van der Waals surface area contributed by atoms with Crippen LogP contribution in [-0.4, -0.2) is 28.2 Å². The molecule has 8 heteroatoms. The van der Waals surface area contributed by atoms with E-state index in [9.17, 15) is 9.90 Å². The molecule has 0 spiro atoms. The lowest BCUT2D eigenvalue weighted by atomic mass is 10.2. The highest BCUT2D eigenvalue weighted by Crippen LogP contribution is 2.25. The second-order valence-electron chi connectivity index (χ2n) is 5.23. The SMILES string of the molecule is COc1ccc(/C=N/Nc2cnn(-c3ccccc3)c(=O)c2Cl)cc1O. The second-order valence-corrected chi connectivity index (χ2v) is 5.60. The van der Waals surface area contributed by atoms with Gasteiger partial charge in [0.1, 0.15) is 10.7 Å². The standard InChI is InChI=1S/C18H15ClN4O3/c1-26-16-8-7-12(9-15(16)24)10-20-22-14-11-21-23(18(25)17(14)19)13-5-3-2-4-6-13/h2-11,22,24H,1H3/b20-10+. The molecule has 1 aromatic heterocycles. The van der Waals surface area contributed by atoms with Gasteiger partial charge in [-0.15, -0.1) is 0 Å². The summed E-state index contributed by atoms with van der Waals surface area (Å²) in [7, 11) is 1.47. The van der Waals surface area contributed by atoms with Crippen molar-refractivity contribution >= 4 is 23.5 Å². The molecule has 0 saturated heterocycles.